The standard InChI is InChI=1S/C18H22N2O/c1-2-13-20(14-15-9-5-3-6-10-15)18(21)17(19)16-11-7-4-8-12-16/h3-12,17H,2,13-14,19H2,1H3/t17-/m1/s1. The van der Waals surface area contributed by atoms with Crippen molar-refractivity contribution in [1.82, 2.24) is 4.90 Å². The number of nitrogens with zero attached hydrogens (tertiary/aromatic N) is 1. The molecule has 2 aromatic rings. The molecule has 3 heteroatoms. The van der Waals surface area contributed by atoms with Crippen molar-refractivity contribution >= 4 is 5.91 Å². The minimum absolute atomic E-state index is 0.0214. The highest BCUT2D eigenvalue weighted by Crippen LogP contribution is 2.15. The molecule has 1 atom stereocenters. The van der Waals surface area contributed by atoms with Crippen LogP contribution in [0.1, 0.15) is 30.5 Å². The topological polar surface area (TPSA) is 46.3 Å². The van der Waals surface area contributed by atoms with Gasteiger partial charge in [0.25, 0.3) is 0 Å². The Bertz CT molecular complexity index is 554. The number of nitrogens with two attached hydrogens (primary N) is 1. The lowest BCUT2D eigenvalue weighted by atomic mass is 10.1. The lowest BCUT2D eigenvalue weighted by Crippen LogP contribution is -2.38. The van der Waals surface area contributed by atoms with Gasteiger partial charge in [0.05, 0.1) is 0 Å². The predicted molar refractivity (Wildman–Crippen MR) is 85.5 cm³/mol. The highest BCUT2D eigenvalue weighted by Gasteiger charge is 2.21. The van der Waals surface area contributed by atoms with E-state index in [9.17, 15) is 4.79 Å². The molecule has 3 nitrogen and oxygen atoms in total. The molecule has 0 aliphatic carbocycles. The minimum atomic E-state index is -0.596. The molecule has 2 N–H and O–H groups in total. The van der Waals surface area contributed by atoms with Crippen molar-refractivity contribution in [2.24, 2.45) is 5.73 Å². The molecule has 2 aromatic carbocycles. The Morgan fingerprint density at radius 1 is 1.05 bits per heavy atom. The van der Waals surface area contributed by atoms with Crippen LogP contribution in [0, 0.1) is 0 Å². The molecular weight excluding hydrogens is 260 g/mol. The van der Waals surface area contributed by atoms with Crippen LogP contribution in [0.15, 0.2) is 60.7 Å². The molecule has 0 aromatic heterocycles. The summed E-state index contributed by atoms with van der Waals surface area (Å²) in [6.07, 6.45) is 0.917. The maximum absolute atomic E-state index is 12.6. The van der Waals surface area contributed by atoms with E-state index in [0.29, 0.717) is 13.1 Å². The van der Waals surface area contributed by atoms with E-state index >= 15 is 0 Å². The van der Waals surface area contributed by atoms with Crippen molar-refractivity contribution < 1.29 is 4.79 Å². The summed E-state index contributed by atoms with van der Waals surface area (Å²) >= 11 is 0. The third-order valence-corrected chi connectivity index (χ3v) is 3.45. The number of hydrogen-bond donors (Lipinski definition) is 1. The second-order valence-corrected chi connectivity index (χ2v) is 5.13. The summed E-state index contributed by atoms with van der Waals surface area (Å²) in [5.74, 6) is -0.0214. The summed E-state index contributed by atoms with van der Waals surface area (Å²) in [6.45, 7) is 3.39. The van der Waals surface area contributed by atoms with Crippen molar-refractivity contribution in [3.8, 4) is 0 Å². The van der Waals surface area contributed by atoms with Gasteiger partial charge in [0, 0.05) is 13.1 Å². The van der Waals surface area contributed by atoms with Crippen LogP contribution in [-0.4, -0.2) is 17.4 Å². The van der Waals surface area contributed by atoms with Gasteiger partial charge in [0.2, 0.25) is 5.91 Å². The summed E-state index contributed by atoms with van der Waals surface area (Å²) in [6, 6.07) is 19.0. The van der Waals surface area contributed by atoms with Crippen LogP contribution in [0.4, 0.5) is 0 Å². The molecule has 0 bridgehead atoms. The Hall–Kier alpha value is -2.13. The number of rotatable bonds is 6. The minimum Gasteiger partial charge on any atom is -0.337 e. The first-order valence-electron chi connectivity index (χ1n) is 7.35. The second-order valence-electron chi connectivity index (χ2n) is 5.13. The number of carbonyl (C=O) groups excluding carboxylic acids is 1. The molecule has 0 aliphatic heterocycles. The van der Waals surface area contributed by atoms with Gasteiger partial charge in [-0.15, -0.1) is 0 Å². The first kappa shape index (κ1) is 15.3. The maximum Gasteiger partial charge on any atom is 0.244 e. The Morgan fingerprint density at radius 2 is 1.62 bits per heavy atom. The average molecular weight is 282 g/mol. The predicted octanol–water partition coefficient (Wildman–Crippen LogP) is 3.13. The fraction of sp³-hybridized carbons (Fsp3) is 0.278. The first-order chi connectivity index (χ1) is 10.2. The Kier molecular flexibility index (Phi) is 5.52. The maximum atomic E-state index is 12.6. The van der Waals surface area contributed by atoms with E-state index in [1.54, 1.807) is 0 Å². The molecule has 110 valence electrons. The third kappa shape index (κ3) is 4.17. The van der Waals surface area contributed by atoms with Crippen molar-refractivity contribution in [3.05, 3.63) is 71.8 Å². The van der Waals surface area contributed by atoms with Gasteiger partial charge in [0.15, 0.2) is 0 Å². The fourth-order valence-corrected chi connectivity index (χ4v) is 2.34. The molecule has 0 spiro atoms. The highest BCUT2D eigenvalue weighted by atomic mass is 16.2. The van der Waals surface area contributed by atoms with E-state index in [0.717, 1.165) is 17.5 Å². The van der Waals surface area contributed by atoms with Gasteiger partial charge in [-0.1, -0.05) is 67.6 Å². The Balaban J connectivity index is 2.12. The normalized spacial score (nSPS) is 11.9. The fourth-order valence-electron chi connectivity index (χ4n) is 2.34. The van der Waals surface area contributed by atoms with E-state index in [-0.39, 0.29) is 5.91 Å². The van der Waals surface area contributed by atoms with Gasteiger partial charge in [0.1, 0.15) is 6.04 Å². The molecule has 0 fully saturated rings. The van der Waals surface area contributed by atoms with E-state index < -0.39 is 6.04 Å². The van der Waals surface area contributed by atoms with Crippen molar-refractivity contribution in [1.29, 1.82) is 0 Å². The van der Waals surface area contributed by atoms with Crippen LogP contribution in [0.5, 0.6) is 0 Å². The molecule has 0 aliphatic rings. The van der Waals surface area contributed by atoms with Gasteiger partial charge in [-0.25, -0.2) is 0 Å². The smallest absolute Gasteiger partial charge is 0.244 e. The zero-order valence-electron chi connectivity index (χ0n) is 12.4. The van der Waals surface area contributed by atoms with Gasteiger partial charge < -0.3 is 10.6 Å². The first-order valence-corrected chi connectivity index (χ1v) is 7.35. The number of amides is 1. The molecule has 0 heterocycles. The molecule has 0 saturated carbocycles. The quantitative estimate of drug-likeness (QED) is 0.884. The zero-order valence-corrected chi connectivity index (χ0v) is 12.4. The molecule has 1 amide bonds. The van der Waals surface area contributed by atoms with Crippen molar-refractivity contribution in [3.63, 3.8) is 0 Å². The summed E-state index contributed by atoms with van der Waals surface area (Å²) in [7, 11) is 0. The lowest BCUT2D eigenvalue weighted by molar-refractivity contribution is -0.133. The monoisotopic (exact) mass is 282 g/mol. The molecular formula is C18H22N2O. The van der Waals surface area contributed by atoms with Gasteiger partial charge in [-0.2, -0.15) is 0 Å². The number of benzene rings is 2. The summed E-state index contributed by atoms with van der Waals surface area (Å²) in [4.78, 5) is 14.5. The summed E-state index contributed by atoms with van der Waals surface area (Å²) in [5, 5.41) is 0. The number of hydrogen-bond acceptors (Lipinski definition) is 2. The van der Waals surface area contributed by atoms with E-state index in [1.165, 1.54) is 0 Å². The SMILES string of the molecule is CCCN(Cc1ccccc1)C(=O)[C@H](N)c1ccccc1. The third-order valence-electron chi connectivity index (χ3n) is 3.45. The highest BCUT2D eigenvalue weighted by molar-refractivity contribution is 5.83. The summed E-state index contributed by atoms with van der Waals surface area (Å²) < 4.78 is 0. The van der Waals surface area contributed by atoms with Gasteiger partial charge in [-0.3, -0.25) is 4.79 Å². The van der Waals surface area contributed by atoms with Gasteiger partial charge in [-0.05, 0) is 17.5 Å². The largest absolute Gasteiger partial charge is 0.337 e. The molecule has 0 unspecified atom stereocenters. The van der Waals surface area contributed by atoms with Crippen molar-refractivity contribution in [2.45, 2.75) is 25.9 Å². The molecule has 0 saturated heterocycles. The number of carbonyl (C=O) groups is 1. The molecule has 2 rings (SSSR count). The zero-order chi connectivity index (χ0) is 15.1. The van der Waals surface area contributed by atoms with E-state index in [2.05, 4.69) is 6.92 Å². The van der Waals surface area contributed by atoms with Crippen LogP contribution in [0.25, 0.3) is 0 Å². The van der Waals surface area contributed by atoms with E-state index in [1.807, 2.05) is 65.6 Å². The van der Waals surface area contributed by atoms with Gasteiger partial charge >= 0.3 is 0 Å². The average Bonchev–Trinajstić information content (AvgIpc) is 2.55. The van der Waals surface area contributed by atoms with Crippen LogP contribution < -0.4 is 5.73 Å². The van der Waals surface area contributed by atoms with E-state index in [4.69, 9.17) is 5.73 Å². The van der Waals surface area contributed by atoms with Crippen LogP contribution in [0.2, 0.25) is 0 Å². The van der Waals surface area contributed by atoms with Crippen LogP contribution >= 0.6 is 0 Å². The Morgan fingerprint density at radius 3 is 2.19 bits per heavy atom. The second kappa shape index (κ2) is 7.60. The van der Waals surface area contributed by atoms with Crippen molar-refractivity contribution in [2.75, 3.05) is 6.54 Å². The molecule has 0 radical (unpaired) electrons. The lowest BCUT2D eigenvalue weighted by Gasteiger charge is -2.25. The van der Waals surface area contributed by atoms with Crippen LogP contribution in [-0.2, 0) is 11.3 Å². The summed E-state index contributed by atoms with van der Waals surface area (Å²) in [5.41, 5.74) is 8.11. The molecule has 21 heavy (non-hydrogen) atoms. The Labute approximate surface area is 126 Å². The van der Waals surface area contributed by atoms with Crippen LogP contribution in [0.3, 0.4) is 0 Å².